The van der Waals surface area contributed by atoms with Gasteiger partial charge in [0.1, 0.15) is 0 Å². The van der Waals surface area contributed by atoms with Crippen LogP contribution in [0.2, 0.25) is 0 Å². The van der Waals surface area contributed by atoms with Crippen molar-refractivity contribution in [1.29, 1.82) is 0 Å². The Labute approximate surface area is 157 Å². The molecule has 0 bridgehead atoms. The maximum atomic E-state index is 11.8. The van der Waals surface area contributed by atoms with Gasteiger partial charge in [0.05, 0.1) is 5.75 Å². The van der Waals surface area contributed by atoms with Gasteiger partial charge in [-0.1, -0.05) is 0 Å². The molecule has 2 aliphatic heterocycles. The molecule has 0 aromatic carbocycles. The SMILES string of the molecule is CCNC(=NCCCOCC1CCOCC1)NCCN1CCCS1(=O)=O. The maximum Gasteiger partial charge on any atom is 0.214 e. The highest BCUT2D eigenvalue weighted by atomic mass is 32.2. The summed E-state index contributed by atoms with van der Waals surface area (Å²) in [5.41, 5.74) is 0. The summed E-state index contributed by atoms with van der Waals surface area (Å²) in [6, 6.07) is 0. The average molecular weight is 391 g/mol. The van der Waals surface area contributed by atoms with Crippen LogP contribution in [0.4, 0.5) is 0 Å². The minimum Gasteiger partial charge on any atom is -0.381 e. The fourth-order valence-corrected chi connectivity index (χ4v) is 4.63. The van der Waals surface area contributed by atoms with Gasteiger partial charge in [-0.25, -0.2) is 12.7 Å². The molecule has 0 radical (unpaired) electrons. The minimum absolute atomic E-state index is 0.273. The Morgan fingerprint density at radius 1 is 1.31 bits per heavy atom. The van der Waals surface area contributed by atoms with E-state index in [1.165, 1.54) is 0 Å². The van der Waals surface area contributed by atoms with Gasteiger partial charge < -0.3 is 20.1 Å². The smallest absolute Gasteiger partial charge is 0.214 e. The van der Waals surface area contributed by atoms with Gasteiger partial charge in [-0.3, -0.25) is 4.99 Å². The number of sulfonamides is 1. The third-order valence-electron chi connectivity index (χ3n) is 4.61. The first-order valence-electron chi connectivity index (χ1n) is 9.77. The molecule has 0 aromatic rings. The summed E-state index contributed by atoms with van der Waals surface area (Å²) < 4.78 is 36.2. The predicted octanol–water partition coefficient (Wildman–Crippen LogP) is 0.410. The first kappa shape index (κ1) is 21.4. The van der Waals surface area contributed by atoms with Crippen molar-refractivity contribution >= 4 is 16.0 Å². The largest absolute Gasteiger partial charge is 0.381 e. The Balaban J connectivity index is 1.58. The van der Waals surface area contributed by atoms with E-state index >= 15 is 0 Å². The summed E-state index contributed by atoms with van der Waals surface area (Å²) in [5, 5.41) is 6.39. The van der Waals surface area contributed by atoms with Crippen LogP contribution in [-0.2, 0) is 19.5 Å². The van der Waals surface area contributed by atoms with E-state index in [9.17, 15) is 8.42 Å². The average Bonchev–Trinajstić information content (AvgIpc) is 2.97. The molecule has 0 amide bonds. The van der Waals surface area contributed by atoms with Crippen LogP contribution in [0, 0.1) is 5.92 Å². The molecule has 2 aliphatic rings. The van der Waals surface area contributed by atoms with E-state index in [4.69, 9.17) is 9.47 Å². The first-order chi connectivity index (χ1) is 12.6. The van der Waals surface area contributed by atoms with Crippen molar-refractivity contribution in [3.8, 4) is 0 Å². The molecule has 0 saturated carbocycles. The molecule has 2 fully saturated rings. The number of ether oxygens (including phenoxy) is 2. The molecule has 0 aromatic heterocycles. The Morgan fingerprint density at radius 3 is 2.81 bits per heavy atom. The number of rotatable bonds is 10. The predicted molar refractivity (Wildman–Crippen MR) is 103 cm³/mol. The van der Waals surface area contributed by atoms with Crippen molar-refractivity contribution in [2.75, 3.05) is 64.9 Å². The second-order valence-corrected chi connectivity index (χ2v) is 8.83. The van der Waals surface area contributed by atoms with Gasteiger partial charge in [-0.15, -0.1) is 0 Å². The molecule has 0 unspecified atom stereocenters. The molecule has 152 valence electrons. The zero-order valence-electron chi connectivity index (χ0n) is 15.9. The molecule has 0 spiro atoms. The summed E-state index contributed by atoms with van der Waals surface area (Å²) >= 11 is 0. The molecule has 9 heteroatoms. The van der Waals surface area contributed by atoms with Crippen LogP contribution in [0.5, 0.6) is 0 Å². The number of nitrogens with zero attached hydrogens (tertiary/aromatic N) is 2. The number of aliphatic imine (C=N–C) groups is 1. The van der Waals surface area contributed by atoms with Crippen LogP contribution in [0.25, 0.3) is 0 Å². The van der Waals surface area contributed by atoms with Gasteiger partial charge in [0.2, 0.25) is 10.0 Å². The van der Waals surface area contributed by atoms with Crippen molar-refractivity contribution in [3.05, 3.63) is 0 Å². The second kappa shape index (κ2) is 11.7. The monoisotopic (exact) mass is 390 g/mol. The molecule has 2 rings (SSSR count). The van der Waals surface area contributed by atoms with Gasteiger partial charge in [0, 0.05) is 59.2 Å². The molecule has 0 aliphatic carbocycles. The molecule has 8 nitrogen and oxygen atoms in total. The standard InChI is InChI=1S/C17H34N4O4S/c1-2-18-17(20-8-10-21-9-4-14-26(21,22)23)19-7-3-11-25-15-16-5-12-24-13-6-16/h16H,2-15H2,1H3,(H2,18,19,20). The third kappa shape index (κ3) is 7.77. The summed E-state index contributed by atoms with van der Waals surface area (Å²) in [7, 11) is -3.03. The van der Waals surface area contributed by atoms with Gasteiger partial charge >= 0.3 is 0 Å². The molecule has 2 saturated heterocycles. The van der Waals surface area contributed by atoms with Crippen LogP contribution in [0.1, 0.15) is 32.6 Å². The zero-order valence-corrected chi connectivity index (χ0v) is 16.7. The van der Waals surface area contributed by atoms with E-state index < -0.39 is 10.0 Å². The van der Waals surface area contributed by atoms with Gasteiger partial charge in [0.25, 0.3) is 0 Å². The Bertz CT molecular complexity index is 521. The topological polar surface area (TPSA) is 92.3 Å². The molecular formula is C17H34N4O4S. The van der Waals surface area contributed by atoms with Gasteiger partial charge in [-0.2, -0.15) is 0 Å². The Hall–Kier alpha value is -0.900. The highest BCUT2D eigenvalue weighted by Crippen LogP contribution is 2.14. The number of nitrogens with one attached hydrogen (secondary N) is 2. The van der Waals surface area contributed by atoms with Crippen molar-refractivity contribution in [2.45, 2.75) is 32.6 Å². The molecule has 2 heterocycles. The second-order valence-electron chi connectivity index (χ2n) is 6.74. The fraction of sp³-hybridized carbons (Fsp3) is 0.941. The number of hydrogen-bond acceptors (Lipinski definition) is 5. The Kier molecular flexibility index (Phi) is 9.66. The van der Waals surface area contributed by atoms with Crippen LogP contribution in [-0.4, -0.2) is 83.6 Å². The third-order valence-corrected chi connectivity index (χ3v) is 6.57. The van der Waals surface area contributed by atoms with Crippen LogP contribution in [0.15, 0.2) is 4.99 Å². The van der Waals surface area contributed by atoms with Gasteiger partial charge in [-0.05, 0) is 38.5 Å². The van der Waals surface area contributed by atoms with E-state index in [0.717, 1.165) is 58.0 Å². The lowest BCUT2D eigenvalue weighted by Crippen LogP contribution is -2.42. The van der Waals surface area contributed by atoms with E-state index in [0.29, 0.717) is 38.7 Å². The van der Waals surface area contributed by atoms with E-state index in [2.05, 4.69) is 15.6 Å². The quantitative estimate of drug-likeness (QED) is 0.319. The van der Waals surface area contributed by atoms with Crippen molar-refractivity contribution in [3.63, 3.8) is 0 Å². The fourth-order valence-electron chi connectivity index (χ4n) is 3.10. The Morgan fingerprint density at radius 2 is 2.12 bits per heavy atom. The van der Waals surface area contributed by atoms with Crippen molar-refractivity contribution in [2.24, 2.45) is 10.9 Å². The maximum absolute atomic E-state index is 11.8. The van der Waals surface area contributed by atoms with Crippen LogP contribution >= 0.6 is 0 Å². The normalized spacial score (nSPS) is 21.8. The van der Waals surface area contributed by atoms with Crippen molar-refractivity contribution in [1.82, 2.24) is 14.9 Å². The summed E-state index contributed by atoms with van der Waals surface area (Å²) in [5.74, 6) is 1.64. The van der Waals surface area contributed by atoms with Crippen molar-refractivity contribution < 1.29 is 17.9 Å². The zero-order chi connectivity index (χ0) is 18.7. The number of guanidine groups is 1. The van der Waals surface area contributed by atoms with E-state index in [-0.39, 0.29) is 5.75 Å². The van der Waals surface area contributed by atoms with Crippen LogP contribution < -0.4 is 10.6 Å². The highest BCUT2D eigenvalue weighted by molar-refractivity contribution is 7.89. The van der Waals surface area contributed by atoms with E-state index in [1.807, 2.05) is 6.92 Å². The summed E-state index contributed by atoms with van der Waals surface area (Å²) in [4.78, 5) is 4.52. The highest BCUT2D eigenvalue weighted by Gasteiger charge is 2.27. The van der Waals surface area contributed by atoms with Gasteiger partial charge in [0.15, 0.2) is 5.96 Å². The molecule has 0 atom stereocenters. The van der Waals surface area contributed by atoms with Crippen LogP contribution in [0.3, 0.4) is 0 Å². The first-order valence-corrected chi connectivity index (χ1v) is 11.4. The number of hydrogen-bond donors (Lipinski definition) is 2. The lowest BCUT2D eigenvalue weighted by Gasteiger charge is -2.21. The van der Waals surface area contributed by atoms with E-state index in [1.54, 1.807) is 4.31 Å². The molecule has 2 N–H and O–H groups in total. The molecular weight excluding hydrogens is 356 g/mol. The summed E-state index contributed by atoms with van der Waals surface area (Å²) in [6.07, 6.45) is 3.80. The minimum atomic E-state index is -3.03. The lowest BCUT2D eigenvalue weighted by molar-refractivity contribution is 0.0205. The lowest BCUT2D eigenvalue weighted by atomic mass is 10.0. The summed E-state index contributed by atoms with van der Waals surface area (Å²) in [6.45, 7) is 8.39. The molecule has 26 heavy (non-hydrogen) atoms.